The summed E-state index contributed by atoms with van der Waals surface area (Å²) in [4.78, 5) is 3.78. The second-order valence-corrected chi connectivity index (χ2v) is 6.80. The molecule has 0 amide bonds. The van der Waals surface area contributed by atoms with Gasteiger partial charge in [0.1, 0.15) is 12.4 Å². The zero-order valence-electron chi connectivity index (χ0n) is 14.3. The number of halogens is 1. The Kier molecular flexibility index (Phi) is 4.89. The highest BCUT2D eigenvalue weighted by Crippen LogP contribution is 2.15. The molecule has 3 heterocycles. The zero-order chi connectivity index (χ0) is 17.1. The number of hydrogen-bond donors (Lipinski definition) is 1. The third-order valence-electron chi connectivity index (χ3n) is 5.08. The summed E-state index contributed by atoms with van der Waals surface area (Å²) in [6.45, 7) is 6.36. The number of rotatable bonds is 5. The predicted octanol–water partition coefficient (Wildman–Crippen LogP) is -0.104. The average molecular weight is 347 g/mol. The van der Waals surface area contributed by atoms with Gasteiger partial charge in [-0.25, -0.2) is 9.07 Å². The van der Waals surface area contributed by atoms with Crippen LogP contribution in [0.4, 0.5) is 10.1 Å². The molecule has 1 aromatic carbocycles. The van der Waals surface area contributed by atoms with Crippen LogP contribution < -0.4 is 9.80 Å². The summed E-state index contributed by atoms with van der Waals surface area (Å²) in [5.41, 5.74) is 1.09. The minimum atomic E-state index is -0.189. The lowest BCUT2D eigenvalue weighted by Gasteiger charge is -2.33. The van der Waals surface area contributed by atoms with E-state index in [0.717, 1.165) is 70.2 Å². The summed E-state index contributed by atoms with van der Waals surface area (Å²) in [7, 11) is 0. The van der Waals surface area contributed by atoms with Gasteiger partial charge in [0.05, 0.1) is 38.8 Å². The third kappa shape index (κ3) is 3.96. The lowest BCUT2D eigenvalue weighted by atomic mass is 10.2. The summed E-state index contributed by atoms with van der Waals surface area (Å²) >= 11 is 0. The monoisotopic (exact) mass is 347 g/mol. The molecule has 4 rings (SSSR count). The molecule has 2 fully saturated rings. The van der Waals surface area contributed by atoms with E-state index in [0.29, 0.717) is 0 Å². The molecule has 0 spiro atoms. The molecule has 2 aromatic rings. The number of anilines is 1. The molecule has 0 unspecified atom stereocenters. The van der Waals surface area contributed by atoms with Crippen LogP contribution in [0.15, 0.2) is 24.3 Å². The van der Waals surface area contributed by atoms with Gasteiger partial charge in [0.15, 0.2) is 0 Å². The maximum Gasteiger partial charge on any atom is 0.206 e. The van der Waals surface area contributed by atoms with Crippen LogP contribution in [0.2, 0.25) is 0 Å². The van der Waals surface area contributed by atoms with E-state index < -0.39 is 0 Å². The Morgan fingerprint density at radius 2 is 2.00 bits per heavy atom. The van der Waals surface area contributed by atoms with E-state index in [2.05, 4.69) is 20.4 Å². The fraction of sp³-hybridized carbons (Fsp3) is 0.588. The molecule has 0 saturated carbocycles. The van der Waals surface area contributed by atoms with Gasteiger partial charge in [0.2, 0.25) is 5.82 Å². The summed E-state index contributed by atoms with van der Waals surface area (Å²) in [5.74, 6) is 0.742. The minimum Gasteiger partial charge on any atom is -0.376 e. The molecule has 0 bridgehead atoms. The lowest BCUT2D eigenvalue weighted by Crippen LogP contribution is -3.13. The van der Waals surface area contributed by atoms with Crippen LogP contribution in [-0.2, 0) is 17.8 Å². The number of ether oxygens (including phenoxy) is 1. The van der Waals surface area contributed by atoms with E-state index in [1.54, 1.807) is 0 Å². The van der Waals surface area contributed by atoms with Crippen molar-refractivity contribution in [2.45, 2.75) is 32.0 Å². The van der Waals surface area contributed by atoms with E-state index in [-0.39, 0.29) is 11.9 Å². The molecular formula is C17H24FN6O+. The maximum absolute atomic E-state index is 13.1. The summed E-state index contributed by atoms with van der Waals surface area (Å²) in [5, 5.41) is 12.2. The number of hydrogen-bond acceptors (Lipinski definition) is 5. The predicted molar refractivity (Wildman–Crippen MR) is 89.8 cm³/mol. The van der Waals surface area contributed by atoms with Crippen LogP contribution >= 0.6 is 0 Å². The van der Waals surface area contributed by atoms with E-state index >= 15 is 0 Å². The standard InChI is InChI=1S/C17H23FN6O/c18-14-3-5-15(6-4-14)23-9-7-22(8-10-23)13-17-19-20-21-24(17)12-16-2-1-11-25-16/h3-6,16H,1-2,7-13H2/p+1/t16-/m0/s1. The largest absolute Gasteiger partial charge is 0.376 e. The molecule has 2 aliphatic rings. The first kappa shape index (κ1) is 16.4. The van der Waals surface area contributed by atoms with Crippen LogP contribution in [0.25, 0.3) is 0 Å². The molecule has 0 radical (unpaired) electrons. The topological polar surface area (TPSA) is 60.5 Å². The Morgan fingerprint density at radius 3 is 2.72 bits per heavy atom. The van der Waals surface area contributed by atoms with Gasteiger partial charge in [-0.2, -0.15) is 0 Å². The first-order valence-electron chi connectivity index (χ1n) is 8.98. The van der Waals surface area contributed by atoms with Crippen molar-refractivity contribution in [1.82, 2.24) is 20.2 Å². The molecular weight excluding hydrogens is 323 g/mol. The highest BCUT2D eigenvalue weighted by atomic mass is 19.1. The van der Waals surface area contributed by atoms with Crippen molar-refractivity contribution in [3.8, 4) is 0 Å². The number of nitrogens with one attached hydrogen (secondary N) is 1. The first-order valence-corrected chi connectivity index (χ1v) is 8.98. The van der Waals surface area contributed by atoms with Crippen molar-refractivity contribution in [2.24, 2.45) is 0 Å². The van der Waals surface area contributed by atoms with Crippen molar-refractivity contribution in [1.29, 1.82) is 0 Å². The lowest BCUT2D eigenvalue weighted by molar-refractivity contribution is -0.915. The number of piperazine rings is 1. The van der Waals surface area contributed by atoms with E-state index in [4.69, 9.17) is 4.74 Å². The van der Waals surface area contributed by atoms with Crippen molar-refractivity contribution < 1.29 is 14.0 Å². The van der Waals surface area contributed by atoms with E-state index in [9.17, 15) is 4.39 Å². The summed E-state index contributed by atoms with van der Waals surface area (Å²) in [6.07, 6.45) is 2.45. The SMILES string of the molecule is Fc1ccc(N2CC[NH+](Cc3nnnn3C[C@@H]3CCCO3)CC2)cc1. The first-order chi connectivity index (χ1) is 12.3. The molecule has 2 saturated heterocycles. The van der Waals surface area contributed by atoms with Gasteiger partial charge in [-0.3, -0.25) is 0 Å². The van der Waals surface area contributed by atoms with Crippen LogP contribution in [0.1, 0.15) is 18.7 Å². The van der Waals surface area contributed by atoms with Gasteiger partial charge in [0.25, 0.3) is 0 Å². The molecule has 1 N–H and O–H groups in total. The van der Waals surface area contributed by atoms with Crippen molar-refractivity contribution in [2.75, 3.05) is 37.7 Å². The number of quaternary nitrogens is 1. The third-order valence-corrected chi connectivity index (χ3v) is 5.08. The highest BCUT2D eigenvalue weighted by Gasteiger charge is 2.24. The van der Waals surface area contributed by atoms with Crippen molar-refractivity contribution in [3.63, 3.8) is 0 Å². The number of benzene rings is 1. The second-order valence-electron chi connectivity index (χ2n) is 6.80. The number of aromatic nitrogens is 4. The molecule has 1 aromatic heterocycles. The second kappa shape index (κ2) is 7.45. The Balaban J connectivity index is 1.31. The maximum atomic E-state index is 13.1. The average Bonchev–Trinajstić information content (AvgIpc) is 3.30. The van der Waals surface area contributed by atoms with Gasteiger partial charge in [-0.15, -0.1) is 5.10 Å². The van der Waals surface area contributed by atoms with Crippen LogP contribution in [-0.4, -0.2) is 59.1 Å². The fourth-order valence-electron chi connectivity index (χ4n) is 3.61. The van der Waals surface area contributed by atoms with Crippen molar-refractivity contribution >= 4 is 5.69 Å². The van der Waals surface area contributed by atoms with Gasteiger partial charge in [-0.1, -0.05) is 0 Å². The number of nitrogens with zero attached hydrogens (tertiary/aromatic N) is 5. The van der Waals surface area contributed by atoms with Crippen LogP contribution in [0, 0.1) is 5.82 Å². The van der Waals surface area contributed by atoms with Gasteiger partial charge >= 0.3 is 0 Å². The van der Waals surface area contributed by atoms with Gasteiger partial charge in [0, 0.05) is 12.3 Å². The molecule has 8 heteroatoms. The Bertz CT molecular complexity index is 677. The summed E-state index contributed by atoms with van der Waals surface area (Å²) in [6, 6.07) is 6.74. The van der Waals surface area contributed by atoms with Gasteiger partial charge in [-0.05, 0) is 47.5 Å². The Labute approximate surface area is 146 Å². The quantitative estimate of drug-likeness (QED) is 0.818. The molecule has 2 aliphatic heterocycles. The van der Waals surface area contributed by atoms with Crippen molar-refractivity contribution in [3.05, 3.63) is 35.9 Å². The van der Waals surface area contributed by atoms with Gasteiger partial charge < -0.3 is 14.5 Å². The molecule has 25 heavy (non-hydrogen) atoms. The normalized spacial score (nSPS) is 21.8. The highest BCUT2D eigenvalue weighted by molar-refractivity contribution is 5.46. The fourth-order valence-corrected chi connectivity index (χ4v) is 3.61. The molecule has 134 valence electrons. The molecule has 7 nitrogen and oxygen atoms in total. The van der Waals surface area contributed by atoms with Crippen LogP contribution in [0.5, 0.6) is 0 Å². The zero-order valence-corrected chi connectivity index (χ0v) is 14.3. The smallest absolute Gasteiger partial charge is 0.206 e. The molecule has 0 aliphatic carbocycles. The molecule has 1 atom stereocenters. The summed E-state index contributed by atoms with van der Waals surface area (Å²) < 4.78 is 20.6. The van der Waals surface area contributed by atoms with Crippen LogP contribution in [0.3, 0.4) is 0 Å². The Hall–Kier alpha value is -2.06. The number of tetrazole rings is 1. The minimum absolute atomic E-state index is 0.189. The Morgan fingerprint density at radius 1 is 1.20 bits per heavy atom. The van der Waals surface area contributed by atoms with E-state index in [1.165, 1.54) is 17.0 Å². The van der Waals surface area contributed by atoms with E-state index in [1.807, 2.05) is 16.8 Å².